The molecule has 2 N–H and O–H groups in total. The minimum Gasteiger partial charge on any atom is -0.349 e. The van der Waals surface area contributed by atoms with Crippen molar-refractivity contribution in [2.24, 2.45) is 0 Å². The highest BCUT2D eigenvalue weighted by molar-refractivity contribution is 5.96. The molecule has 1 fully saturated rings. The molecule has 1 heterocycles. The van der Waals surface area contributed by atoms with Gasteiger partial charge in [-0.1, -0.05) is 12.1 Å². The van der Waals surface area contributed by atoms with Crippen molar-refractivity contribution in [3.63, 3.8) is 0 Å². The lowest BCUT2D eigenvalue weighted by atomic mass is 10.2. The van der Waals surface area contributed by atoms with Gasteiger partial charge in [-0.05, 0) is 49.2 Å². The Balaban J connectivity index is 1.35. The SMILES string of the molecule is O=C(CCn1cnc2ccccc2c1=O)Nc1ccc(C(=O)NC2CC2)cc1. The maximum absolute atomic E-state index is 12.4. The van der Waals surface area contributed by atoms with Crippen molar-refractivity contribution in [2.75, 3.05) is 5.32 Å². The molecule has 7 heteroatoms. The summed E-state index contributed by atoms with van der Waals surface area (Å²) >= 11 is 0. The number of hydrogen-bond donors (Lipinski definition) is 2. The van der Waals surface area contributed by atoms with Crippen molar-refractivity contribution in [2.45, 2.75) is 31.8 Å². The molecule has 0 saturated heterocycles. The van der Waals surface area contributed by atoms with E-state index in [1.165, 1.54) is 10.9 Å². The van der Waals surface area contributed by atoms with E-state index >= 15 is 0 Å². The number of hydrogen-bond acceptors (Lipinski definition) is 4. The summed E-state index contributed by atoms with van der Waals surface area (Å²) in [6.07, 6.45) is 3.68. The maximum Gasteiger partial charge on any atom is 0.261 e. The predicted molar refractivity (Wildman–Crippen MR) is 106 cm³/mol. The fraction of sp³-hybridized carbons (Fsp3) is 0.238. The number of amides is 2. The lowest BCUT2D eigenvalue weighted by Gasteiger charge is -2.09. The van der Waals surface area contributed by atoms with Gasteiger partial charge in [0.15, 0.2) is 0 Å². The van der Waals surface area contributed by atoms with Crippen LogP contribution in [-0.4, -0.2) is 27.4 Å². The molecule has 0 aliphatic heterocycles. The smallest absolute Gasteiger partial charge is 0.261 e. The third-order valence-electron chi connectivity index (χ3n) is 4.65. The number of anilines is 1. The van der Waals surface area contributed by atoms with Gasteiger partial charge in [0, 0.05) is 30.3 Å². The van der Waals surface area contributed by atoms with Gasteiger partial charge in [0.2, 0.25) is 5.91 Å². The molecule has 0 unspecified atom stereocenters. The Labute approximate surface area is 161 Å². The Morgan fingerprint density at radius 3 is 2.57 bits per heavy atom. The lowest BCUT2D eigenvalue weighted by Crippen LogP contribution is -2.25. The molecule has 7 nitrogen and oxygen atoms in total. The second-order valence-electron chi connectivity index (χ2n) is 6.88. The number of rotatable bonds is 6. The van der Waals surface area contributed by atoms with Crippen LogP contribution in [0.2, 0.25) is 0 Å². The normalized spacial score (nSPS) is 13.3. The lowest BCUT2D eigenvalue weighted by molar-refractivity contribution is -0.116. The van der Waals surface area contributed by atoms with Crippen LogP contribution in [0.1, 0.15) is 29.6 Å². The summed E-state index contributed by atoms with van der Waals surface area (Å²) in [4.78, 5) is 40.9. The van der Waals surface area contributed by atoms with Crippen LogP contribution < -0.4 is 16.2 Å². The van der Waals surface area contributed by atoms with Gasteiger partial charge in [-0.2, -0.15) is 0 Å². The van der Waals surface area contributed by atoms with Gasteiger partial charge in [0.1, 0.15) is 0 Å². The maximum atomic E-state index is 12.4. The van der Waals surface area contributed by atoms with Crippen molar-refractivity contribution in [1.82, 2.24) is 14.9 Å². The summed E-state index contributed by atoms with van der Waals surface area (Å²) < 4.78 is 1.44. The molecular weight excluding hydrogens is 356 g/mol. The molecule has 142 valence electrons. The Hall–Kier alpha value is -3.48. The third kappa shape index (κ3) is 4.09. The number of fused-ring (bicyclic) bond motifs is 1. The van der Waals surface area contributed by atoms with E-state index in [9.17, 15) is 14.4 Å². The summed E-state index contributed by atoms with van der Waals surface area (Å²) in [5, 5.41) is 6.24. The fourth-order valence-electron chi connectivity index (χ4n) is 2.91. The summed E-state index contributed by atoms with van der Waals surface area (Å²) in [6.45, 7) is 0.240. The molecule has 2 amide bonds. The van der Waals surface area contributed by atoms with Crippen LogP contribution in [0.25, 0.3) is 10.9 Å². The summed E-state index contributed by atoms with van der Waals surface area (Å²) in [5.74, 6) is -0.307. The number of nitrogens with one attached hydrogen (secondary N) is 2. The molecule has 2 aromatic carbocycles. The average molecular weight is 376 g/mol. The summed E-state index contributed by atoms with van der Waals surface area (Å²) in [5.41, 5.74) is 1.65. The van der Waals surface area contributed by atoms with Crippen molar-refractivity contribution in [3.05, 3.63) is 70.8 Å². The minimum absolute atomic E-state index is 0.0939. The van der Waals surface area contributed by atoms with Crippen molar-refractivity contribution in [1.29, 1.82) is 0 Å². The molecule has 0 radical (unpaired) electrons. The molecule has 1 saturated carbocycles. The molecule has 1 aliphatic rings. The first kappa shape index (κ1) is 17.9. The van der Waals surface area contributed by atoms with E-state index in [0.717, 1.165) is 12.8 Å². The van der Waals surface area contributed by atoms with Gasteiger partial charge in [0.05, 0.1) is 17.2 Å². The van der Waals surface area contributed by atoms with Gasteiger partial charge < -0.3 is 10.6 Å². The van der Waals surface area contributed by atoms with Crippen LogP contribution in [0.3, 0.4) is 0 Å². The zero-order chi connectivity index (χ0) is 19.5. The van der Waals surface area contributed by atoms with E-state index in [1.54, 1.807) is 42.5 Å². The van der Waals surface area contributed by atoms with Gasteiger partial charge in [-0.15, -0.1) is 0 Å². The quantitative estimate of drug-likeness (QED) is 0.690. The molecule has 28 heavy (non-hydrogen) atoms. The second-order valence-corrected chi connectivity index (χ2v) is 6.88. The van der Waals surface area contributed by atoms with Gasteiger partial charge >= 0.3 is 0 Å². The van der Waals surface area contributed by atoms with E-state index < -0.39 is 0 Å². The van der Waals surface area contributed by atoms with Crippen molar-refractivity contribution < 1.29 is 9.59 Å². The molecule has 1 aliphatic carbocycles. The van der Waals surface area contributed by atoms with Crippen LogP contribution in [0.5, 0.6) is 0 Å². The van der Waals surface area contributed by atoms with Crippen LogP contribution >= 0.6 is 0 Å². The number of aryl methyl sites for hydroxylation is 1. The molecule has 0 bridgehead atoms. The first-order chi connectivity index (χ1) is 13.6. The third-order valence-corrected chi connectivity index (χ3v) is 4.65. The Morgan fingerprint density at radius 2 is 1.82 bits per heavy atom. The van der Waals surface area contributed by atoms with E-state index in [2.05, 4.69) is 15.6 Å². The van der Waals surface area contributed by atoms with E-state index in [0.29, 0.717) is 28.2 Å². The second kappa shape index (κ2) is 7.64. The van der Waals surface area contributed by atoms with Crippen LogP contribution in [0, 0.1) is 0 Å². The number of benzene rings is 2. The van der Waals surface area contributed by atoms with E-state index in [-0.39, 0.29) is 30.3 Å². The topological polar surface area (TPSA) is 93.1 Å². The molecule has 3 aromatic rings. The number of carbonyl (C=O) groups is 2. The minimum atomic E-state index is -0.213. The Kier molecular flexibility index (Phi) is 4.89. The average Bonchev–Trinajstić information content (AvgIpc) is 3.52. The van der Waals surface area contributed by atoms with Gasteiger partial charge in [0.25, 0.3) is 11.5 Å². The van der Waals surface area contributed by atoms with Crippen LogP contribution in [0.15, 0.2) is 59.7 Å². The molecule has 0 spiro atoms. The number of para-hydroxylation sites is 1. The van der Waals surface area contributed by atoms with Gasteiger partial charge in [-0.25, -0.2) is 4.98 Å². The fourth-order valence-corrected chi connectivity index (χ4v) is 2.91. The van der Waals surface area contributed by atoms with Crippen LogP contribution in [0.4, 0.5) is 5.69 Å². The Morgan fingerprint density at radius 1 is 1.07 bits per heavy atom. The first-order valence-corrected chi connectivity index (χ1v) is 9.25. The van der Waals surface area contributed by atoms with Crippen molar-refractivity contribution >= 4 is 28.4 Å². The molecule has 0 atom stereocenters. The monoisotopic (exact) mass is 376 g/mol. The highest BCUT2D eigenvalue weighted by Crippen LogP contribution is 2.19. The number of nitrogens with zero attached hydrogens (tertiary/aromatic N) is 2. The summed E-state index contributed by atoms with van der Waals surface area (Å²) in [7, 11) is 0. The number of carbonyl (C=O) groups excluding carboxylic acids is 2. The van der Waals surface area contributed by atoms with Gasteiger partial charge in [-0.3, -0.25) is 19.0 Å². The summed E-state index contributed by atoms with van der Waals surface area (Å²) in [6, 6.07) is 14.2. The predicted octanol–water partition coefficient (Wildman–Crippen LogP) is 2.32. The molecule has 1 aromatic heterocycles. The van der Waals surface area contributed by atoms with E-state index in [4.69, 9.17) is 0 Å². The highest BCUT2D eigenvalue weighted by atomic mass is 16.2. The standard InChI is InChI=1S/C21H20N4O3/c26-19(11-12-25-13-22-18-4-2-1-3-17(18)21(25)28)23-15-7-5-14(6-8-15)20(27)24-16-9-10-16/h1-8,13,16H,9-12H2,(H,23,26)(H,24,27). The zero-order valence-electron chi connectivity index (χ0n) is 15.2. The zero-order valence-corrected chi connectivity index (χ0v) is 15.2. The first-order valence-electron chi connectivity index (χ1n) is 9.25. The number of aromatic nitrogens is 2. The Bertz CT molecular complexity index is 1080. The largest absolute Gasteiger partial charge is 0.349 e. The molecular formula is C21H20N4O3. The van der Waals surface area contributed by atoms with Crippen molar-refractivity contribution in [3.8, 4) is 0 Å². The van der Waals surface area contributed by atoms with E-state index in [1.807, 2.05) is 6.07 Å². The van der Waals surface area contributed by atoms with Crippen LogP contribution in [-0.2, 0) is 11.3 Å². The highest BCUT2D eigenvalue weighted by Gasteiger charge is 2.23. The molecule has 4 rings (SSSR count).